The fourth-order valence-corrected chi connectivity index (χ4v) is 2.11. The SMILES string of the molecule is Cc1ccc(C(=O)NCc2ccc(F)c(Cl)c2)c(NN)c1. The molecule has 0 saturated carbocycles. The largest absolute Gasteiger partial charge is 0.348 e. The van der Waals surface area contributed by atoms with E-state index in [0.717, 1.165) is 5.56 Å². The van der Waals surface area contributed by atoms with Gasteiger partial charge in [-0.05, 0) is 42.3 Å². The number of amides is 1. The lowest BCUT2D eigenvalue weighted by atomic mass is 10.1. The third kappa shape index (κ3) is 3.71. The molecular formula is C15H15ClFN3O. The number of benzene rings is 2. The molecule has 2 aromatic carbocycles. The molecule has 2 rings (SSSR count). The van der Waals surface area contributed by atoms with Crippen molar-refractivity contribution >= 4 is 23.2 Å². The minimum Gasteiger partial charge on any atom is -0.348 e. The molecule has 21 heavy (non-hydrogen) atoms. The number of nitrogen functional groups attached to an aromatic ring is 1. The van der Waals surface area contributed by atoms with Crippen molar-refractivity contribution in [3.05, 3.63) is 63.9 Å². The zero-order valence-electron chi connectivity index (χ0n) is 11.4. The van der Waals surface area contributed by atoms with Gasteiger partial charge >= 0.3 is 0 Å². The Bertz CT molecular complexity index is 676. The van der Waals surface area contributed by atoms with Gasteiger partial charge in [-0.25, -0.2) is 4.39 Å². The second kappa shape index (κ2) is 6.56. The van der Waals surface area contributed by atoms with Gasteiger partial charge in [-0.2, -0.15) is 0 Å². The Kier molecular flexibility index (Phi) is 4.77. The summed E-state index contributed by atoms with van der Waals surface area (Å²) in [6.45, 7) is 2.15. The molecule has 110 valence electrons. The first-order valence-electron chi connectivity index (χ1n) is 6.30. The standard InChI is InChI=1S/C15H15ClFN3O/c1-9-2-4-11(14(6-9)20-18)15(21)19-8-10-3-5-13(17)12(16)7-10/h2-7,20H,8,18H2,1H3,(H,19,21). The summed E-state index contributed by atoms with van der Waals surface area (Å²) in [6.07, 6.45) is 0. The Hall–Kier alpha value is -2.11. The molecule has 0 aromatic heterocycles. The van der Waals surface area contributed by atoms with E-state index in [4.69, 9.17) is 17.4 Å². The molecule has 0 aliphatic heterocycles. The van der Waals surface area contributed by atoms with Crippen LogP contribution in [0.25, 0.3) is 0 Å². The number of carbonyl (C=O) groups is 1. The Morgan fingerprint density at radius 3 is 2.71 bits per heavy atom. The first-order valence-corrected chi connectivity index (χ1v) is 6.68. The summed E-state index contributed by atoms with van der Waals surface area (Å²) in [5, 5.41) is 2.77. The summed E-state index contributed by atoms with van der Waals surface area (Å²) in [4.78, 5) is 12.1. The number of hydrogen-bond donors (Lipinski definition) is 3. The molecule has 0 atom stereocenters. The topological polar surface area (TPSA) is 67.2 Å². The first kappa shape index (κ1) is 15.3. The number of nitrogens with one attached hydrogen (secondary N) is 2. The summed E-state index contributed by atoms with van der Waals surface area (Å²) >= 11 is 5.70. The normalized spacial score (nSPS) is 10.3. The number of aryl methyl sites for hydroxylation is 1. The molecule has 4 nitrogen and oxygen atoms in total. The maximum atomic E-state index is 13.1. The summed E-state index contributed by atoms with van der Waals surface area (Å²) < 4.78 is 13.1. The quantitative estimate of drug-likeness (QED) is 0.601. The van der Waals surface area contributed by atoms with E-state index < -0.39 is 5.82 Å². The maximum absolute atomic E-state index is 13.1. The Balaban J connectivity index is 2.09. The fraction of sp³-hybridized carbons (Fsp3) is 0.133. The zero-order valence-corrected chi connectivity index (χ0v) is 12.2. The van der Waals surface area contributed by atoms with Crippen molar-refractivity contribution < 1.29 is 9.18 Å². The predicted molar refractivity (Wildman–Crippen MR) is 81.6 cm³/mol. The molecule has 0 bridgehead atoms. The number of carbonyl (C=O) groups excluding carboxylic acids is 1. The molecule has 2 aromatic rings. The lowest BCUT2D eigenvalue weighted by Gasteiger charge is -2.11. The van der Waals surface area contributed by atoms with Gasteiger partial charge in [-0.3, -0.25) is 10.6 Å². The molecule has 4 N–H and O–H groups in total. The van der Waals surface area contributed by atoms with Gasteiger partial charge in [0.1, 0.15) is 5.82 Å². The van der Waals surface area contributed by atoms with Crippen LogP contribution < -0.4 is 16.6 Å². The number of hydrogen-bond acceptors (Lipinski definition) is 3. The Labute approximate surface area is 127 Å². The number of hydrazine groups is 1. The predicted octanol–water partition coefficient (Wildman–Crippen LogP) is 3.00. The van der Waals surface area contributed by atoms with Crippen molar-refractivity contribution in [3.8, 4) is 0 Å². The Morgan fingerprint density at radius 1 is 1.29 bits per heavy atom. The van der Waals surface area contributed by atoms with Crippen molar-refractivity contribution in [2.24, 2.45) is 5.84 Å². The molecule has 6 heteroatoms. The van der Waals surface area contributed by atoms with E-state index >= 15 is 0 Å². The minimum absolute atomic E-state index is 0.0291. The van der Waals surface area contributed by atoms with Crippen LogP contribution in [0.15, 0.2) is 36.4 Å². The van der Waals surface area contributed by atoms with E-state index in [1.807, 2.05) is 13.0 Å². The summed E-state index contributed by atoms with van der Waals surface area (Å²) in [6, 6.07) is 9.61. The Morgan fingerprint density at radius 2 is 2.05 bits per heavy atom. The molecular weight excluding hydrogens is 293 g/mol. The van der Waals surface area contributed by atoms with E-state index in [1.165, 1.54) is 12.1 Å². The van der Waals surface area contributed by atoms with Crippen LogP contribution in [0.3, 0.4) is 0 Å². The van der Waals surface area contributed by atoms with Crippen molar-refractivity contribution in [1.82, 2.24) is 5.32 Å². The second-order valence-electron chi connectivity index (χ2n) is 4.62. The van der Waals surface area contributed by atoms with Crippen molar-refractivity contribution in [2.45, 2.75) is 13.5 Å². The number of rotatable bonds is 4. The number of nitrogens with two attached hydrogens (primary N) is 1. The third-order valence-corrected chi connectivity index (χ3v) is 3.30. The molecule has 0 aliphatic carbocycles. The van der Waals surface area contributed by atoms with E-state index in [1.54, 1.807) is 18.2 Å². The average Bonchev–Trinajstić information content (AvgIpc) is 2.48. The van der Waals surface area contributed by atoms with Gasteiger partial charge in [0.25, 0.3) is 5.91 Å². The van der Waals surface area contributed by atoms with E-state index in [-0.39, 0.29) is 17.5 Å². The van der Waals surface area contributed by atoms with Crippen molar-refractivity contribution in [3.63, 3.8) is 0 Å². The highest BCUT2D eigenvalue weighted by molar-refractivity contribution is 6.30. The van der Waals surface area contributed by atoms with Gasteiger partial charge in [-0.1, -0.05) is 23.7 Å². The van der Waals surface area contributed by atoms with E-state index in [9.17, 15) is 9.18 Å². The smallest absolute Gasteiger partial charge is 0.253 e. The highest BCUT2D eigenvalue weighted by Crippen LogP contribution is 2.18. The minimum atomic E-state index is -0.486. The molecule has 0 saturated heterocycles. The van der Waals surface area contributed by atoms with Crippen LogP contribution in [-0.4, -0.2) is 5.91 Å². The first-order chi connectivity index (χ1) is 10.0. The molecule has 0 unspecified atom stereocenters. The van der Waals surface area contributed by atoms with Crippen LogP contribution >= 0.6 is 11.6 Å². The summed E-state index contributed by atoms with van der Waals surface area (Å²) in [5.74, 6) is 4.65. The van der Waals surface area contributed by atoms with Crippen molar-refractivity contribution in [1.29, 1.82) is 0 Å². The van der Waals surface area contributed by atoms with E-state index in [0.29, 0.717) is 16.8 Å². The van der Waals surface area contributed by atoms with Crippen LogP contribution in [0.1, 0.15) is 21.5 Å². The van der Waals surface area contributed by atoms with Crippen molar-refractivity contribution in [2.75, 3.05) is 5.43 Å². The molecule has 0 spiro atoms. The number of anilines is 1. The monoisotopic (exact) mass is 307 g/mol. The molecule has 0 radical (unpaired) electrons. The summed E-state index contributed by atoms with van der Waals surface area (Å²) in [5.41, 5.74) is 5.19. The number of halogens is 2. The van der Waals surface area contributed by atoms with Gasteiger partial charge in [0, 0.05) is 6.54 Å². The van der Waals surface area contributed by atoms with Crippen LogP contribution in [0.5, 0.6) is 0 Å². The highest BCUT2D eigenvalue weighted by Gasteiger charge is 2.11. The molecule has 0 fully saturated rings. The van der Waals surface area contributed by atoms with E-state index in [2.05, 4.69) is 10.7 Å². The van der Waals surface area contributed by atoms with Gasteiger partial charge < -0.3 is 10.7 Å². The molecule has 0 aliphatic rings. The summed E-state index contributed by atoms with van der Waals surface area (Å²) in [7, 11) is 0. The third-order valence-electron chi connectivity index (χ3n) is 3.01. The van der Waals surface area contributed by atoms with Gasteiger partial charge in [0.15, 0.2) is 0 Å². The van der Waals surface area contributed by atoms with Gasteiger partial charge in [0.2, 0.25) is 0 Å². The lowest BCUT2D eigenvalue weighted by molar-refractivity contribution is 0.0951. The molecule has 1 amide bonds. The van der Waals surface area contributed by atoms with Crippen LogP contribution in [-0.2, 0) is 6.54 Å². The zero-order chi connectivity index (χ0) is 15.4. The second-order valence-corrected chi connectivity index (χ2v) is 5.03. The molecule has 0 heterocycles. The highest BCUT2D eigenvalue weighted by atomic mass is 35.5. The van der Waals surface area contributed by atoms with Gasteiger partial charge in [0.05, 0.1) is 16.3 Å². The maximum Gasteiger partial charge on any atom is 0.253 e. The lowest BCUT2D eigenvalue weighted by Crippen LogP contribution is -2.24. The fourth-order valence-electron chi connectivity index (χ4n) is 1.90. The van der Waals surface area contributed by atoms with Crippen LogP contribution in [0, 0.1) is 12.7 Å². The van der Waals surface area contributed by atoms with Crippen LogP contribution in [0.4, 0.5) is 10.1 Å². The van der Waals surface area contributed by atoms with Crippen LogP contribution in [0.2, 0.25) is 5.02 Å². The average molecular weight is 308 g/mol. The van der Waals surface area contributed by atoms with Gasteiger partial charge in [-0.15, -0.1) is 0 Å².